The molecule has 0 saturated heterocycles. The molecule has 0 fully saturated rings. The Labute approximate surface area is 244 Å². The van der Waals surface area contributed by atoms with E-state index in [4.69, 9.17) is 0 Å². The van der Waals surface area contributed by atoms with Crippen LogP contribution in [0.25, 0.3) is 27.8 Å². The molecular formula is C41H34. The van der Waals surface area contributed by atoms with E-state index >= 15 is 0 Å². The highest BCUT2D eigenvalue weighted by atomic mass is 14.5. The van der Waals surface area contributed by atoms with E-state index < -0.39 is 0 Å². The van der Waals surface area contributed by atoms with Crippen molar-refractivity contribution in [1.82, 2.24) is 0 Å². The average molecular weight is 527 g/mol. The van der Waals surface area contributed by atoms with Crippen LogP contribution in [0.3, 0.4) is 0 Å². The van der Waals surface area contributed by atoms with Gasteiger partial charge in [-0.15, -0.1) is 0 Å². The molecule has 41 heavy (non-hydrogen) atoms. The SMILES string of the molecule is C=C(C)c1ccccc1.Cc1ccc(-c2cccc3c2-c2ccccc2C3(c2ccccc2)c2ccccc2)cc1. The quantitative estimate of drug-likeness (QED) is 0.214. The standard InChI is InChI=1S/C32H24.C9H10/c1-23-19-21-24(22-20-23)27-16-10-18-30-31(27)28-15-8-9-17-29(28)32(30,25-11-4-2-5-12-25)26-13-6-3-7-14-26;1-8(2)9-6-4-3-5-7-9/h2-22H,1H3;3-7H,1H2,2H3. The maximum Gasteiger partial charge on any atom is 0.0713 e. The van der Waals surface area contributed by atoms with Crippen molar-refractivity contribution in [2.45, 2.75) is 19.3 Å². The molecule has 0 spiro atoms. The third-order valence-corrected chi connectivity index (χ3v) is 8.11. The Morgan fingerprint density at radius 2 is 0.976 bits per heavy atom. The molecule has 1 aliphatic rings. The molecular weight excluding hydrogens is 492 g/mol. The smallest absolute Gasteiger partial charge is 0.0713 e. The van der Waals surface area contributed by atoms with Gasteiger partial charge >= 0.3 is 0 Å². The molecule has 0 atom stereocenters. The largest absolute Gasteiger partial charge is 0.0955 e. The lowest BCUT2D eigenvalue weighted by Gasteiger charge is -2.34. The molecule has 0 N–H and O–H groups in total. The van der Waals surface area contributed by atoms with Gasteiger partial charge in [-0.3, -0.25) is 0 Å². The van der Waals surface area contributed by atoms with Crippen LogP contribution in [0.2, 0.25) is 0 Å². The van der Waals surface area contributed by atoms with E-state index in [0.29, 0.717) is 0 Å². The predicted octanol–water partition coefficient (Wildman–Crippen LogP) is 10.7. The molecule has 0 bridgehead atoms. The topological polar surface area (TPSA) is 0 Å². The summed E-state index contributed by atoms with van der Waals surface area (Å²) in [6.45, 7) is 7.98. The lowest BCUT2D eigenvalue weighted by molar-refractivity contribution is 0.768. The van der Waals surface area contributed by atoms with Crippen molar-refractivity contribution in [2.24, 2.45) is 0 Å². The van der Waals surface area contributed by atoms with Gasteiger partial charge < -0.3 is 0 Å². The van der Waals surface area contributed by atoms with Crippen LogP contribution in [0.5, 0.6) is 0 Å². The maximum absolute atomic E-state index is 3.83. The Morgan fingerprint density at radius 1 is 0.488 bits per heavy atom. The molecule has 0 amide bonds. The molecule has 6 aromatic rings. The predicted molar refractivity (Wildman–Crippen MR) is 175 cm³/mol. The first-order valence-corrected chi connectivity index (χ1v) is 14.2. The monoisotopic (exact) mass is 526 g/mol. The van der Waals surface area contributed by atoms with Crippen LogP contribution in [0.15, 0.2) is 164 Å². The second kappa shape index (κ2) is 11.3. The van der Waals surface area contributed by atoms with Crippen LogP contribution in [-0.4, -0.2) is 0 Å². The van der Waals surface area contributed by atoms with Crippen LogP contribution >= 0.6 is 0 Å². The Kier molecular flexibility index (Phi) is 7.23. The third kappa shape index (κ3) is 4.72. The summed E-state index contributed by atoms with van der Waals surface area (Å²) < 4.78 is 0. The van der Waals surface area contributed by atoms with Crippen LogP contribution in [0, 0.1) is 6.92 Å². The molecule has 0 radical (unpaired) electrons. The zero-order valence-electron chi connectivity index (χ0n) is 23.7. The molecule has 0 nitrogen and oxygen atoms in total. The molecule has 1 aliphatic carbocycles. The van der Waals surface area contributed by atoms with Crippen LogP contribution < -0.4 is 0 Å². The first-order valence-electron chi connectivity index (χ1n) is 14.2. The Balaban J connectivity index is 0.000000289. The molecule has 6 aromatic carbocycles. The van der Waals surface area contributed by atoms with E-state index in [1.54, 1.807) is 0 Å². The van der Waals surface area contributed by atoms with Crippen LogP contribution in [-0.2, 0) is 5.41 Å². The van der Waals surface area contributed by atoms with E-state index in [0.717, 1.165) is 5.57 Å². The fourth-order valence-corrected chi connectivity index (χ4v) is 6.19. The van der Waals surface area contributed by atoms with Crippen LogP contribution in [0.4, 0.5) is 0 Å². The minimum atomic E-state index is -0.338. The van der Waals surface area contributed by atoms with E-state index in [1.807, 2.05) is 25.1 Å². The molecule has 0 heteroatoms. The number of hydrogen-bond acceptors (Lipinski definition) is 0. The highest BCUT2D eigenvalue weighted by Crippen LogP contribution is 2.58. The van der Waals surface area contributed by atoms with Gasteiger partial charge in [-0.25, -0.2) is 0 Å². The Bertz CT molecular complexity index is 1740. The van der Waals surface area contributed by atoms with Gasteiger partial charge in [0.2, 0.25) is 0 Å². The zero-order chi connectivity index (χ0) is 28.2. The summed E-state index contributed by atoms with van der Waals surface area (Å²) in [5, 5.41) is 0. The minimum Gasteiger partial charge on any atom is -0.0955 e. The Hall–Kier alpha value is -4.94. The van der Waals surface area contributed by atoms with Gasteiger partial charge in [-0.05, 0) is 63.9 Å². The van der Waals surface area contributed by atoms with E-state index in [9.17, 15) is 0 Å². The van der Waals surface area contributed by atoms with Crippen molar-refractivity contribution in [2.75, 3.05) is 0 Å². The molecule has 7 rings (SSSR count). The van der Waals surface area contributed by atoms with Crippen molar-refractivity contribution >= 4 is 5.57 Å². The highest BCUT2D eigenvalue weighted by Gasteiger charge is 2.46. The lowest BCUT2D eigenvalue weighted by Crippen LogP contribution is -2.28. The summed E-state index contributed by atoms with van der Waals surface area (Å²) in [5.41, 5.74) is 13.8. The van der Waals surface area contributed by atoms with Crippen molar-refractivity contribution < 1.29 is 0 Å². The van der Waals surface area contributed by atoms with Crippen molar-refractivity contribution in [3.8, 4) is 22.3 Å². The van der Waals surface area contributed by atoms with Crippen molar-refractivity contribution in [3.05, 3.63) is 198 Å². The van der Waals surface area contributed by atoms with Gasteiger partial charge in [0.25, 0.3) is 0 Å². The van der Waals surface area contributed by atoms with Crippen LogP contribution in [0.1, 0.15) is 40.3 Å². The van der Waals surface area contributed by atoms with Gasteiger partial charge in [0.15, 0.2) is 0 Å². The second-order valence-electron chi connectivity index (χ2n) is 10.8. The molecule has 0 saturated carbocycles. The second-order valence-corrected chi connectivity index (χ2v) is 10.8. The zero-order valence-corrected chi connectivity index (χ0v) is 23.7. The minimum absolute atomic E-state index is 0.338. The number of allylic oxidation sites excluding steroid dienone is 1. The average Bonchev–Trinajstić information content (AvgIpc) is 3.34. The van der Waals surface area contributed by atoms with E-state index in [2.05, 4.69) is 153 Å². The summed E-state index contributed by atoms with van der Waals surface area (Å²) >= 11 is 0. The summed E-state index contributed by atoms with van der Waals surface area (Å²) in [4.78, 5) is 0. The number of hydrogen-bond donors (Lipinski definition) is 0. The van der Waals surface area contributed by atoms with Gasteiger partial charge in [-0.2, -0.15) is 0 Å². The molecule has 0 heterocycles. The lowest BCUT2D eigenvalue weighted by atomic mass is 9.67. The normalized spacial score (nSPS) is 12.4. The van der Waals surface area contributed by atoms with Gasteiger partial charge in [0, 0.05) is 0 Å². The molecule has 0 unspecified atom stereocenters. The molecule has 198 valence electrons. The number of rotatable bonds is 4. The molecule has 0 aromatic heterocycles. The van der Waals surface area contributed by atoms with Gasteiger partial charge in [0.05, 0.1) is 5.41 Å². The Morgan fingerprint density at radius 3 is 1.54 bits per heavy atom. The fraction of sp³-hybridized carbons (Fsp3) is 0.0732. The highest BCUT2D eigenvalue weighted by molar-refractivity contribution is 5.95. The number of aryl methyl sites for hydroxylation is 1. The maximum atomic E-state index is 3.83. The van der Waals surface area contributed by atoms with E-state index in [1.165, 1.54) is 55.6 Å². The summed E-state index contributed by atoms with van der Waals surface area (Å²) in [6, 6.07) is 56.8. The third-order valence-electron chi connectivity index (χ3n) is 8.11. The van der Waals surface area contributed by atoms with Crippen molar-refractivity contribution in [1.29, 1.82) is 0 Å². The summed E-state index contributed by atoms with van der Waals surface area (Å²) in [6.07, 6.45) is 0. The van der Waals surface area contributed by atoms with Crippen molar-refractivity contribution in [3.63, 3.8) is 0 Å². The first-order chi connectivity index (χ1) is 20.1. The van der Waals surface area contributed by atoms with Gasteiger partial charge in [-0.1, -0.05) is 175 Å². The van der Waals surface area contributed by atoms with E-state index in [-0.39, 0.29) is 5.41 Å². The summed E-state index contributed by atoms with van der Waals surface area (Å²) in [5.74, 6) is 0. The fourth-order valence-electron chi connectivity index (χ4n) is 6.19. The summed E-state index contributed by atoms with van der Waals surface area (Å²) in [7, 11) is 0. The number of benzene rings is 6. The molecule has 0 aliphatic heterocycles. The number of fused-ring (bicyclic) bond motifs is 3. The van der Waals surface area contributed by atoms with Gasteiger partial charge in [0.1, 0.15) is 0 Å². The first kappa shape index (κ1) is 26.3.